The number of aromatic nitrogens is 1. The van der Waals surface area contributed by atoms with Gasteiger partial charge >= 0.3 is 18.0 Å². The molecule has 116 valence electrons. The Morgan fingerprint density at radius 2 is 2.10 bits per heavy atom. The number of aryl methyl sites for hydroxylation is 1. The predicted molar refractivity (Wildman–Crippen MR) is 75.4 cm³/mol. The fourth-order valence-electron chi connectivity index (χ4n) is 1.53. The Labute approximate surface area is 125 Å². The number of amides is 2. The third-order valence-electron chi connectivity index (χ3n) is 2.54. The highest BCUT2D eigenvalue weighted by Crippen LogP contribution is 2.08. The summed E-state index contributed by atoms with van der Waals surface area (Å²) in [4.78, 5) is 37.1. The van der Waals surface area contributed by atoms with Crippen LogP contribution in [0.4, 0.5) is 4.79 Å². The van der Waals surface area contributed by atoms with Gasteiger partial charge in [-0.3, -0.25) is 4.79 Å². The molecule has 0 aliphatic rings. The van der Waals surface area contributed by atoms with Gasteiger partial charge in [0.05, 0.1) is 5.01 Å². The molecule has 1 aromatic heterocycles. The molecule has 0 saturated heterocycles. The Morgan fingerprint density at radius 3 is 2.62 bits per heavy atom. The molecule has 2 amide bonds. The molecule has 1 atom stereocenters. The monoisotopic (exact) mass is 315 g/mol. The van der Waals surface area contributed by atoms with Crippen molar-refractivity contribution in [2.45, 2.75) is 32.2 Å². The van der Waals surface area contributed by atoms with Crippen molar-refractivity contribution in [1.82, 2.24) is 15.6 Å². The minimum absolute atomic E-state index is 0.163. The SMILES string of the molecule is Cc1csc(CCNC(=O)NC(CCC(=O)O)C(=O)O)n1. The highest BCUT2D eigenvalue weighted by molar-refractivity contribution is 7.09. The van der Waals surface area contributed by atoms with E-state index in [2.05, 4.69) is 15.6 Å². The molecule has 21 heavy (non-hydrogen) atoms. The summed E-state index contributed by atoms with van der Waals surface area (Å²) >= 11 is 1.49. The van der Waals surface area contributed by atoms with Crippen molar-refractivity contribution in [1.29, 1.82) is 0 Å². The minimum Gasteiger partial charge on any atom is -0.481 e. The fourth-order valence-corrected chi connectivity index (χ4v) is 2.31. The third-order valence-corrected chi connectivity index (χ3v) is 3.57. The molecule has 1 unspecified atom stereocenters. The van der Waals surface area contributed by atoms with Crippen molar-refractivity contribution in [3.63, 3.8) is 0 Å². The van der Waals surface area contributed by atoms with E-state index in [0.29, 0.717) is 13.0 Å². The first kappa shape index (κ1) is 16.9. The second kappa shape index (κ2) is 8.20. The fraction of sp³-hybridized carbons (Fsp3) is 0.500. The molecule has 8 nitrogen and oxygen atoms in total. The number of rotatable bonds is 8. The van der Waals surface area contributed by atoms with Crippen LogP contribution in [-0.2, 0) is 16.0 Å². The summed E-state index contributed by atoms with van der Waals surface area (Å²) in [6, 6.07) is -1.86. The number of urea groups is 1. The first-order valence-electron chi connectivity index (χ1n) is 6.28. The van der Waals surface area contributed by atoms with Crippen LogP contribution in [-0.4, -0.2) is 45.8 Å². The normalized spacial score (nSPS) is 11.7. The summed E-state index contributed by atoms with van der Waals surface area (Å²) in [6.45, 7) is 2.20. The van der Waals surface area contributed by atoms with E-state index in [1.807, 2.05) is 12.3 Å². The van der Waals surface area contributed by atoms with Crippen LogP contribution in [0.3, 0.4) is 0 Å². The lowest BCUT2D eigenvalue weighted by molar-refractivity contribution is -0.140. The number of hydrogen-bond acceptors (Lipinski definition) is 5. The molecule has 1 rings (SSSR count). The minimum atomic E-state index is -1.26. The number of thiazole rings is 1. The van der Waals surface area contributed by atoms with Crippen LogP contribution < -0.4 is 10.6 Å². The first-order valence-corrected chi connectivity index (χ1v) is 7.16. The van der Waals surface area contributed by atoms with E-state index in [1.54, 1.807) is 0 Å². The maximum atomic E-state index is 11.5. The van der Waals surface area contributed by atoms with Gasteiger partial charge in [0, 0.05) is 30.5 Å². The number of carboxylic acids is 2. The Morgan fingerprint density at radius 1 is 1.38 bits per heavy atom. The third kappa shape index (κ3) is 6.70. The molecule has 0 bridgehead atoms. The molecular weight excluding hydrogens is 298 g/mol. The Bertz CT molecular complexity index is 517. The van der Waals surface area contributed by atoms with E-state index in [9.17, 15) is 14.4 Å². The number of aliphatic carboxylic acids is 2. The average Bonchev–Trinajstić information content (AvgIpc) is 2.79. The molecule has 0 fully saturated rings. The maximum absolute atomic E-state index is 11.5. The van der Waals surface area contributed by atoms with E-state index in [0.717, 1.165) is 10.7 Å². The van der Waals surface area contributed by atoms with Crippen molar-refractivity contribution in [3.05, 3.63) is 16.1 Å². The summed E-state index contributed by atoms with van der Waals surface area (Å²) in [7, 11) is 0. The molecular formula is C12H17N3O5S. The smallest absolute Gasteiger partial charge is 0.326 e. The summed E-state index contributed by atoms with van der Waals surface area (Å²) in [5.74, 6) is -2.37. The summed E-state index contributed by atoms with van der Waals surface area (Å²) in [6.07, 6.45) is 0.0676. The van der Waals surface area contributed by atoms with E-state index < -0.39 is 24.0 Å². The van der Waals surface area contributed by atoms with Crippen molar-refractivity contribution in [3.8, 4) is 0 Å². The summed E-state index contributed by atoms with van der Waals surface area (Å²) in [5.41, 5.74) is 0.916. The van der Waals surface area contributed by atoms with Gasteiger partial charge in [0.1, 0.15) is 6.04 Å². The number of carbonyl (C=O) groups is 3. The molecule has 0 aromatic carbocycles. The highest BCUT2D eigenvalue weighted by atomic mass is 32.1. The van der Waals surface area contributed by atoms with Crippen molar-refractivity contribution in [2.75, 3.05) is 6.54 Å². The summed E-state index contributed by atoms with van der Waals surface area (Å²) < 4.78 is 0. The largest absolute Gasteiger partial charge is 0.481 e. The number of hydrogen-bond donors (Lipinski definition) is 4. The topological polar surface area (TPSA) is 129 Å². The summed E-state index contributed by atoms with van der Waals surface area (Å²) in [5, 5.41) is 25.0. The van der Waals surface area contributed by atoms with E-state index >= 15 is 0 Å². The number of carboxylic acid groups (broad SMARTS) is 2. The van der Waals surface area contributed by atoms with Crippen LogP contribution >= 0.6 is 11.3 Å². The maximum Gasteiger partial charge on any atom is 0.326 e. The second-order valence-electron chi connectivity index (χ2n) is 4.36. The van der Waals surface area contributed by atoms with Crippen LogP contribution in [0.1, 0.15) is 23.5 Å². The second-order valence-corrected chi connectivity index (χ2v) is 5.30. The number of nitrogens with one attached hydrogen (secondary N) is 2. The Kier molecular flexibility index (Phi) is 6.60. The van der Waals surface area contributed by atoms with Gasteiger partial charge in [-0.25, -0.2) is 14.6 Å². The number of nitrogens with zero attached hydrogens (tertiary/aromatic N) is 1. The molecule has 0 saturated carbocycles. The Balaban J connectivity index is 2.32. The van der Waals surface area contributed by atoms with Gasteiger partial charge < -0.3 is 20.8 Å². The molecule has 1 heterocycles. The van der Waals surface area contributed by atoms with Gasteiger partial charge in [0.15, 0.2) is 0 Å². The van der Waals surface area contributed by atoms with Crippen molar-refractivity contribution < 1.29 is 24.6 Å². The van der Waals surface area contributed by atoms with Crippen molar-refractivity contribution >= 4 is 29.3 Å². The quantitative estimate of drug-likeness (QED) is 0.556. The molecule has 0 aliphatic carbocycles. The zero-order valence-electron chi connectivity index (χ0n) is 11.5. The van der Waals surface area contributed by atoms with Crippen molar-refractivity contribution in [2.24, 2.45) is 0 Å². The standard InChI is InChI=1S/C12H17N3O5S/c1-7-6-21-9(14-7)4-5-13-12(20)15-8(11(18)19)2-3-10(16)17/h6,8H,2-5H2,1H3,(H,16,17)(H,18,19)(H2,13,15,20). The molecule has 0 radical (unpaired) electrons. The average molecular weight is 315 g/mol. The molecule has 0 spiro atoms. The van der Waals surface area contributed by atoms with Gasteiger partial charge in [-0.15, -0.1) is 11.3 Å². The highest BCUT2D eigenvalue weighted by Gasteiger charge is 2.20. The molecule has 4 N–H and O–H groups in total. The molecule has 1 aromatic rings. The van der Waals surface area contributed by atoms with Crippen LogP contribution in [0, 0.1) is 6.92 Å². The zero-order valence-corrected chi connectivity index (χ0v) is 12.3. The molecule has 0 aliphatic heterocycles. The van der Waals surface area contributed by atoms with Crippen LogP contribution in [0.2, 0.25) is 0 Å². The van der Waals surface area contributed by atoms with Gasteiger partial charge in [-0.2, -0.15) is 0 Å². The zero-order chi connectivity index (χ0) is 15.8. The predicted octanol–water partition coefficient (Wildman–Crippen LogP) is 0.611. The van der Waals surface area contributed by atoms with Crippen LogP contribution in [0.25, 0.3) is 0 Å². The number of carbonyl (C=O) groups excluding carboxylic acids is 1. The van der Waals surface area contributed by atoms with E-state index in [4.69, 9.17) is 10.2 Å². The van der Waals surface area contributed by atoms with Crippen LogP contribution in [0.5, 0.6) is 0 Å². The van der Waals surface area contributed by atoms with Gasteiger partial charge in [0.2, 0.25) is 0 Å². The van der Waals surface area contributed by atoms with Gasteiger partial charge in [-0.05, 0) is 13.3 Å². The van der Waals surface area contributed by atoms with Crippen LogP contribution in [0.15, 0.2) is 5.38 Å². The lowest BCUT2D eigenvalue weighted by Gasteiger charge is -2.14. The van der Waals surface area contributed by atoms with E-state index in [1.165, 1.54) is 11.3 Å². The van der Waals surface area contributed by atoms with E-state index in [-0.39, 0.29) is 12.8 Å². The van der Waals surface area contributed by atoms with Gasteiger partial charge in [0.25, 0.3) is 0 Å². The van der Waals surface area contributed by atoms with Gasteiger partial charge in [-0.1, -0.05) is 0 Å². The lowest BCUT2D eigenvalue weighted by atomic mass is 10.1. The first-order chi connectivity index (χ1) is 9.88. The lowest BCUT2D eigenvalue weighted by Crippen LogP contribution is -2.46. The molecule has 9 heteroatoms. The Hall–Kier alpha value is -2.16.